The van der Waals surface area contributed by atoms with Gasteiger partial charge in [-0.15, -0.1) is 10.2 Å². The summed E-state index contributed by atoms with van der Waals surface area (Å²) in [5, 5.41) is 15.8. The zero-order valence-electron chi connectivity index (χ0n) is 7.28. The van der Waals surface area contributed by atoms with Crippen LogP contribution in [0.15, 0.2) is 0 Å². The first kappa shape index (κ1) is 9.97. The molecule has 7 heteroatoms. The quantitative estimate of drug-likeness (QED) is 0.675. The monoisotopic (exact) mass is 201 g/mol. The number of nitrogens with zero attached hydrogens (tertiary/aromatic N) is 3. The summed E-state index contributed by atoms with van der Waals surface area (Å²) in [7, 11) is 0. The molecule has 1 heterocycles. The molecule has 0 saturated carbocycles. The third-order valence-electron chi connectivity index (χ3n) is 1.37. The van der Waals surface area contributed by atoms with Gasteiger partial charge in [0, 0.05) is 12.2 Å². The third-order valence-corrected chi connectivity index (χ3v) is 1.98. The fourth-order valence-electron chi connectivity index (χ4n) is 0.718. The SMILES string of the molecule is CSCCC(=O)NCc1nn[nH]n1. The van der Waals surface area contributed by atoms with Crippen LogP contribution >= 0.6 is 11.8 Å². The molecule has 0 saturated heterocycles. The molecule has 0 unspecified atom stereocenters. The molecule has 0 fully saturated rings. The second kappa shape index (κ2) is 5.52. The van der Waals surface area contributed by atoms with Crippen molar-refractivity contribution in [2.24, 2.45) is 0 Å². The molecule has 0 radical (unpaired) electrons. The minimum Gasteiger partial charge on any atom is -0.349 e. The van der Waals surface area contributed by atoms with E-state index in [-0.39, 0.29) is 5.91 Å². The number of aromatic amines is 1. The Kier molecular flexibility index (Phi) is 4.24. The number of aromatic nitrogens is 4. The van der Waals surface area contributed by atoms with E-state index in [1.165, 1.54) is 0 Å². The largest absolute Gasteiger partial charge is 0.349 e. The lowest BCUT2D eigenvalue weighted by Crippen LogP contribution is -2.23. The number of nitrogens with one attached hydrogen (secondary N) is 2. The van der Waals surface area contributed by atoms with Crippen LogP contribution in [0.3, 0.4) is 0 Å². The molecule has 0 aromatic carbocycles. The summed E-state index contributed by atoms with van der Waals surface area (Å²) in [6.07, 6.45) is 2.49. The van der Waals surface area contributed by atoms with Crippen molar-refractivity contribution in [1.82, 2.24) is 25.9 Å². The molecule has 2 N–H and O–H groups in total. The topological polar surface area (TPSA) is 83.6 Å². The average Bonchev–Trinajstić information content (AvgIpc) is 2.64. The fraction of sp³-hybridized carbons (Fsp3) is 0.667. The number of carbonyl (C=O) groups excluding carboxylic acids is 1. The highest BCUT2D eigenvalue weighted by molar-refractivity contribution is 7.98. The Morgan fingerprint density at radius 3 is 3.15 bits per heavy atom. The zero-order chi connectivity index (χ0) is 9.52. The maximum atomic E-state index is 11.1. The zero-order valence-corrected chi connectivity index (χ0v) is 8.10. The molecule has 6 nitrogen and oxygen atoms in total. The van der Waals surface area contributed by atoms with Gasteiger partial charge in [-0.1, -0.05) is 5.21 Å². The molecule has 13 heavy (non-hydrogen) atoms. The van der Waals surface area contributed by atoms with Gasteiger partial charge in [-0.05, 0) is 6.26 Å². The van der Waals surface area contributed by atoms with Gasteiger partial charge in [0.1, 0.15) is 0 Å². The number of H-pyrrole nitrogens is 1. The summed E-state index contributed by atoms with van der Waals surface area (Å²) in [6, 6.07) is 0. The lowest BCUT2D eigenvalue weighted by Gasteiger charge is -1.99. The van der Waals surface area contributed by atoms with Gasteiger partial charge in [0.25, 0.3) is 0 Å². The van der Waals surface area contributed by atoms with Crippen LogP contribution in [0.4, 0.5) is 0 Å². The number of amides is 1. The second-order valence-corrected chi connectivity index (χ2v) is 3.33. The molecule has 0 aliphatic rings. The van der Waals surface area contributed by atoms with Gasteiger partial charge in [-0.3, -0.25) is 4.79 Å². The number of hydrogen-bond donors (Lipinski definition) is 2. The Bertz CT molecular complexity index is 250. The predicted octanol–water partition coefficient (Wildman–Crippen LogP) is -0.431. The van der Waals surface area contributed by atoms with E-state index in [1.54, 1.807) is 11.8 Å². The molecular formula is C6H11N5OS. The Morgan fingerprint density at radius 2 is 2.54 bits per heavy atom. The molecule has 0 aliphatic heterocycles. The van der Waals surface area contributed by atoms with Gasteiger partial charge in [0.05, 0.1) is 6.54 Å². The molecule has 72 valence electrons. The van der Waals surface area contributed by atoms with Crippen LogP contribution < -0.4 is 5.32 Å². The van der Waals surface area contributed by atoms with Crippen molar-refractivity contribution in [3.8, 4) is 0 Å². The smallest absolute Gasteiger partial charge is 0.221 e. The number of hydrogen-bond acceptors (Lipinski definition) is 5. The number of thioether (sulfide) groups is 1. The molecule has 1 aromatic heterocycles. The highest BCUT2D eigenvalue weighted by Gasteiger charge is 2.02. The van der Waals surface area contributed by atoms with E-state index in [1.807, 2.05) is 6.26 Å². The van der Waals surface area contributed by atoms with Gasteiger partial charge < -0.3 is 5.32 Å². The third kappa shape index (κ3) is 3.88. The molecule has 0 spiro atoms. The molecule has 0 bridgehead atoms. The minimum absolute atomic E-state index is 0.0131. The first-order chi connectivity index (χ1) is 6.33. The van der Waals surface area contributed by atoms with E-state index < -0.39 is 0 Å². The predicted molar refractivity (Wildman–Crippen MR) is 49.0 cm³/mol. The fourth-order valence-corrected chi connectivity index (χ4v) is 1.11. The summed E-state index contributed by atoms with van der Waals surface area (Å²) in [4.78, 5) is 11.1. The first-order valence-electron chi connectivity index (χ1n) is 3.81. The number of carbonyl (C=O) groups is 1. The first-order valence-corrected chi connectivity index (χ1v) is 5.20. The normalized spacial score (nSPS) is 9.92. The lowest BCUT2D eigenvalue weighted by atomic mass is 10.4. The number of tetrazole rings is 1. The molecule has 0 atom stereocenters. The van der Waals surface area contributed by atoms with Gasteiger partial charge in [0.15, 0.2) is 5.82 Å². The van der Waals surface area contributed by atoms with Crippen LogP contribution in [0.25, 0.3) is 0 Å². The Balaban J connectivity index is 2.15. The van der Waals surface area contributed by atoms with Crippen LogP contribution in [-0.2, 0) is 11.3 Å². The van der Waals surface area contributed by atoms with E-state index in [0.717, 1.165) is 5.75 Å². The summed E-state index contributed by atoms with van der Waals surface area (Å²) < 4.78 is 0. The van der Waals surface area contributed by atoms with Crippen LogP contribution in [-0.4, -0.2) is 38.5 Å². The van der Waals surface area contributed by atoms with Crippen molar-refractivity contribution in [3.63, 3.8) is 0 Å². The Labute approximate surface area is 79.9 Å². The van der Waals surface area contributed by atoms with Crippen LogP contribution in [0.1, 0.15) is 12.2 Å². The van der Waals surface area contributed by atoms with Crippen LogP contribution in [0, 0.1) is 0 Å². The highest BCUT2D eigenvalue weighted by atomic mass is 32.2. The van der Waals surface area contributed by atoms with Crippen molar-refractivity contribution < 1.29 is 4.79 Å². The van der Waals surface area contributed by atoms with Crippen LogP contribution in [0.5, 0.6) is 0 Å². The van der Waals surface area contributed by atoms with Crippen molar-refractivity contribution in [3.05, 3.63) is 5.82 Å². The van der Waals surface area contributed by atoms with Crippen molar-refractivity contribution in [2.75, 3.05) is 12.0 Å². The van der Waals surface area contributed by atoms with Gasteiger partial charge in [-0.2, -0.15) is 17.0 Å². The number of rotatable bonds is 5. The summed E-state index contributed by atoms with van der Waals surface area (Å²) in [6.45, 7) is 0.337. The second-order valence-electron chi connectivity index (χ2n) is 2.35. The summed E-state index contributed by atoms with van der Waals surface area (Å²) >= 11 is 1.64. The molecular weight excluding hydrogens is 190 g/mol. The Morgan fingerprint density at radius 1 is 1.69 bits per heavy atom. The van der Waals surface area contributed by atoms with Gasteiger partial charge in [-0.25, -0.2) is 0 Å². The van der Waals surface area contributed by atoms with E-state index in [0.29, 0.717) is 18.8 Å². The Hall–Kier alpha value is -1.11. The van der Waals surface area contributed by atoms with Crippen molar-refractivity contribution in [2.45, 2.75) is 13.0 Å². The minimum atomic E-state index is 0.0131. The lowest BCUT2D eigenvalue weighted by molar-refractivity contribution is -0.120. The molecule has 1 aromatic rings. The average molecular weight is 201 g/mol. The highest BCUT2D eigenvalue weighted by Crippen LogP contribution is 1.94. The standard InChI is InChI=1S/C6H11N5OS/c1-13-3-2-6(12)7-4-5-8-10-11-9-5/h2-4H2,1H3,(H,7,12)(H,8,9,10,11). The van der Waals surface area contributed by atoms with E-state index in [4.69, 9.17) is 0 Å². The maximum Gasteiger partial charge on any atom is 0.221 e. The maximum absolute atomic E-state index is 11.1. The summed E-state index contributed by atoms with van der Waals surface area (Å²) in [5.74, 6) is 1.34. The molecule has 1 rings (SSSR count). The van der Waals surface area contributed by atoms with E-state index in [9.17, 15) is 4.79 Å². The molecule has 1 amide bonds. The van der Waals surface area contributed by atoms with Gasteiger partial charge in [0.2, 0.25) is 5.91 Å². The van der Waals surface area contributed by atoms with Crippen molar-refractivity contribution in [1.29, 1.82) is 0 Å². The van der Waals surface area contributed by atoms with E-state index in [2.05, 4.69) is 25.9 Å². The molecule has 0 aliphatic carbocycles. The van der Waals surface area contributed by atoms with Crippen molar-refractivity contribution >= 4 is 17.7 Å². The van der Waals surface area contributed by atoms with Crippen LogP contribution in [0.2, 0.25) is 0 Å². The van der Waals surface area contributed by atoms with Gasteiger partial charge >= 0.3 is 0 Å². The van der Waals surface area contributed by atoms with E-state index >= 15 is 0 Å². The summed E-state index contributed by atoms with van der Waals surface area (Å²) in [5.41, 5.74) is 0.